The third kappa shape index (κ3) is 4.58. The first-order valence-electron chi connectivity index (χ1n) is 4.24. The van der Waals surface area contributed by atoms with Crippen molar-refractivity contribution in [2.24, 2.45) is 0 Å². The fraction of sp³-hybridized carbons (Fsp3) is 0.875. The van der Waals surface area contributed by atoms with Crippen LogP contribution in [-0.4, -0.2) is 22.0 Å². The molecule has 0 aromatic carbocycles. The van der Waals surface area contributed by atoms with Crippen molar-refractivity contribution < 1.29 is 9.53 Å². The van der Waals surface area contributed by atoms with E-state index in [4.69, 9.17) is 39.5 Å². The van der Waals surface area contributed by atoms with Gasteiger partial charge in [-0.1, -0.05) is 41.7 Å². The van der Waals surface area contributed by atoms with Gasteiger partial charge in [-0.2, -0.15) is 0 Å². The first-order valence-corrected chi connectivity index (χ1v) is 5.37. The number of alkyl carbamates (subject to hydrolysis) is 1. The van der Waals surface area contributed by atoms with Gasteiger partial charge in [-0.3, -0.25) is 0 Å². The van der Waals surface area contributed by atoms with E-state index in [1.165, 1.54) is 13.8 Å². The highest BCUT2D eigenvalue weighted by molar-refractivity contribution is 6.68. The molecular formula is C8H14Cl3NO2. The van der Waals surface area contributed by atoms with Gasteiger partial charge in [0.15, 0.2) is 5.60 Å². The number of ether oxygens (including phenoxy) is 1. The minimum Gasteiger partial charge on any atom is -0.439 e. The predicted octanol–water partition coefficient (Wildman–Crippen LogP) is 3.27. The first-order chi connectivity index (χ1) is 6.20. The van der Waals surface area contributed by atoms with Crippen molar-refractivity contribution in [2.45, 2.75) is 36.6 Å². The number of hydrogen-bond acceptors (Lipinski definition) is 2. The molecule has 84 valence electrons. The molecule has 0 rings (SSSR count). The Morgan fingerprint density at radius 1 is 1.36 bits per heavy atom. The largest absolute Gasteiger partial charge is 0.439 e. The Morgan fingerprint density at radius 3 is 2.21 bits per heavy atom. The third-order valence-corrected chi connectivity index (χ3v) is 2.92. The predicted molar refractivity (Wildman–Crippen MR) is 59.1 cm³/mol. The second kappa shape index (κ2) is 5.29. The molecule has 0 aliphatic carbocycles. The van der Waals surface area contributed by atoms with Crippen LogP contribution < -0.4 is 5.32 Å². The molecule has 0 aliphatic rings. The van der Waals surface area contributed by atoms with Crippen LogP contribution in [-0.2, 0) is 4.74 Å². The summed E-state index contributed by atoms with van der Waals surface area (Å²) >= 11 is 16.9. The van der Waals surface area contributed by atoms with Gasteiger partial charge in [0.1, 0.15) is 0 Å². The molecule has 0 heterocycles. The SMILES string of the molecule is CCCNC(=O)OC(C)(C)C(Cl)(Cl)Cl. The summed E-state index contributed by atoms with van der Waals surface area (Å²) in [4.78, 5) is 11.2. The van der Waals surface area contributed by atoms with Crippen molar-refractivity contribution in [1.82, 2.24) is 5.32 Å². The zero-order valence-electron chi connectivity index (χ0n) is 8.36. The van der Waals surface area contributed by atoms with Crippen LogP contribution in [0.3, 0.4) is 0 Å². The Labute approximate surface area is 99.0 Å². The summed E-state index contributed by atoms with van der Waals surface area (Å²) in [6, 6.07) is 0. The molecule has 0 bridgehead atoms. The van der Waals surface area contributed by atoms with Crippen LogP contribution in [0.1, 0.15) is 27.2 Å². The van der Waals surface area contributed by atoms with E-state index >= 15 is 0 Å². The lowest BCUT2D eigenvalue weighted by atomic mass is 10.2. The second-order valence-corrected chi connectivity index (χ2v) is 5.61. The van der Waals surface area contributed by atoms with Crippen LogP contribution >= 0.6 is 34.8 Å². The monoisotopic (exact) mass is 261 g/mol. The maximum absolute atomic E-state index is 11.2. The minimum absolute atomic E-state index is 0.536. The molecule has 0 saturated heterocycles. The van der Waals surface area contributed by atoms with Crippen molar-refractivity contribution in [3.63, 3.8) is 0 Å². The fourth-order valence-electron chi connectivity index (χ4n) is 0.553. The Balaban J connectivity index is 4.16. The molecule has 0 aromatic heterocycles. The number of hydrogen-bond donors (Lipinski definition) is 1. The Kier molecular flexibility index (Phi) is 5.34. The van der Waals surface area contributed by atoms with Crippen LogP contribution in [0, 0.1) is 0 Å². The van der Waals surface area contributed by atoms with Gasteiger partial charge >= 0.3 is 6.09 Å². The second-order valence-electron chi connectivity index (χ2n) is 3.32. The zero-order chi connectivity index (χ0) is 11.4. The van der Waals surface area contributed by atoms with Crippen molar-refractivity contribution >= 4 is 40.9 Å². The lowest BCUT2D eigenvalue weighted by Crippen LogP contribution is -2.44. The molecule has 0 unspecified atom stereocenters. The number of rotatable bonds is 3. The number of halogens is 3. The summed E-state index contributed by atoms with van der Waals surface area (Å²) in [5.41, 5.74) is -1.16. The van der Waals surface area contributed by atoms with Crippen LogP contribution in [0.5, 0.6) is 0 Å². The van der Waals surface area contributed by atoms with E-state index in [1.807, 2.05) is 6.92 Å². The van der Waals surface area contributed by atoms with Gasteiger partial charge in [0.2, 0.25) is 3.79 Å². The van der Waals surface area contributed by atoms with E-state index < -0.39 is 15.5 Å². The van der Waals surface area contributed by atoms with E-state index in [1.54, 1.807) is 0 Å². The summed E-state index contributed by atoms with van der Waals surface area (Å²) in [6.45, 7) is 5.53. The van der Waals surface area contributed by atoms with Crippen molar-refractivity contribution in [3.8, 4) is 0 Å². The summed E-state index contributed by atoms with van der Waals surface area (Å²) in [5.74, 6) is 0. The molecule has 0 radical (unpaired) electrons. The molecule has 0 spiro atoms. The lowest BCUT2D eigenvalue weighted by molar-refractivity contribution is 0.0418. The van der Waals surface area contributed by atoms with Crippen LogP contribution in [0.15, 0.2) is 0 Å². The van der Waals surface area contributed by atoms with Crippen LogP contribution in [0.4, 0.5) is 4.79 Å². The number of amides is 1. The summed E-state index contributed by atoms with van der Waals surface area (Å²) in [5, 5.41) is 2.52. The zero-order valence-corrected chi connectivity index (χ0v) is 10.6. The molecule has 6 heteroatoms. The normalized spacial score (nSPS) is 12.4. The summed E-state index contributed by atoms with van der Waals surface area (Å²) in [7, 11) is 0. The fourth-order valence-corrected chi connectivity index (χ4v) is 0.668. The third-order valence-electron chi connectivity index (χ3n) is 1.55. The van der Waals surface area contributed by atoms with Crippen LogP contribution in [0.2, 0.25) is 0 Å². The first kappa shape index (κ1) is 14.1. The molecule has 0 aliphatic heterocycles. The average Bonchev–Trinajstić information content (AvgIpc) is 1.97. The number of nitrogens with one attached hydrogen (secondary N) is 1. The molecule has 14 heavy (non-hydrogen) atoms. The van der Waals surface area contributed by atoms with E-state index in [-0.39, 0.29) is 0 Å². The maximum Gasteiger partial charge on any atom is 0.407 e. The Morgan fingerprint density at radius 2 is 1.86 bits per heavy atom. The molecular weight excluding hydrogens is 248 g/mol. The Hall–Kier alpha value is 0.140. The van der Waals surface area contributed by atoms with Gasteiger partial charge in [0, 0.05) is 6.54 Å². The molecule has 0 aromatic rings. The molecule has 1 N–H and O–H groups in total. The van der Waals surface area contributed by atoms with Crippen molar-refractivity contribution in [3.05, 3.63) is 0 Å². The smallest absolute Gasteiger partial charge is 0.407 e. The van der Waals surface area contributed by atoms with Gasteiger partial charge in [0.05, 0.1) is 0 Å². The van der Waals surface area contributed by atoms with Crippen molar-refractivity contribution in [2.75, 3.05) is 6.54 Å². The lowest BCUT2D eigenvalue weighted by Gasteiger charge is -2.31. The highest BCUT2D eigenvalue weighted by Gasteiger charge is 2.44. The van der Waals surface area contributed by atoms with E-state index in [9.17, 15) is 4.79 Å². The maximum atomic E-state index is 11.2. The number of alkyl halides is 3. The van der Waals surface area contributed by atoms with Gasteiger partial charge < -0.3 is 10.1 Å². The van der Waals surface area contributed by atoms with Crippen LogP contribution in [0.25, 0.3) is 0 Å². The molecule has 3 nitrogen and oxygen atoms in total. The minimum atomic E-state index is -1.64. The Bertz CT molecular complexity index is 201. The van der Waals surface area contributed by atoms with E-state index in [0.717, 1.165) is 6.42 Å². The number of carbonyl (C=O) groups excluding carboxylic acids is 1. The highest BCUT2D eigenvalue weighted by atomic mass is 35.6. The van der Waals surface area contributed by atoms with Gasteiger partial charge in [-0.15, -0.1) is 0 Å². The highest BCUT2D eigenvalue weighted by Crippen LogP contribution is 2.40. The molecule has 1 amide bonds. The van der Waals surface area contributed by atoms with Gasteiger partial charge in [-0.25, -0.2) is 4.79 Å². The molecule has 0 saturated carbocycles. The van der Waals surface area contributed by atoms with Gasteiger partial charge in [-0.05, 0) is 20.3 Å². The van der Waals surface area contributed by atoms with Crippen molar-refractivity contribution in [1.29, 1.82) is 0 Å². The van der Waals surface area contributed by atoms with E-state index in [0.29, 0.717) is 6.54 Å². The average molecular weight is 263 g/mol. The quantitative estimate of drug-likeness (QED) is 0.793. The van der Waals surface area contributed by atoms with E-state index in [2.05, 4.69) is 5.32 Å². The van der Waals surface area contributed by atoms with Gasteiger partial charge in [0.25, 0.3) is 0 Å². The standard InChI is InChI=1S/C8H14Cl3NO2/c1-4-5-12-6(13)14-7(2,3)8(9,10)11/h4-5H2,1-3H3,(H,12,13). The topological polar surface area (TPSA) is 38.3 Å². The summed E-state index contributed by atoms with van der Waals surface area (Å²) in [6.07, 6.45) is 0.242. The number of carbonyl (C=O) groups is 1. The molecule has 0 atom stereocenters. The summed E-state index contributed by atoms with van der Waals surface area (Å²) < 4.78 is 3.32. The molecule has 0 fully saturated rings.